The monoisotopic (exact) mass is 360 g/mol. The fraction of sp³-hybridized carbons (Fsp3) is 0.625. The molecule has 1 aliphatic rings. The Morgan fingerprint density at radius 2 is 1.86 bits per heavy atom. The SMILES string of the molecule is CCOC1CC(CC(Br)c2cc(OC)c(OC)cc2F)C1. The minimum absolute atomic E-state index is 0.0233. The molecule has 0 heterocycles. The van der Waals surface area contributed by atoms with Crippen molar-refractivity contribution >= 4 is 15.9 Å². The molecule has 3 nitrogen and oxygen atoms in total. The third kappa shape index (κ3) is 3.89. The van der Waals surface area contributed by atoms with Gasteiger partial charge in [0.2, 0.25) is 0 Å². The van der Waals surface area contributed by atoms with Crippen LogP contribution in [0.1, 0.15) is 36.6 Å². The van der Waals surface area contributed by atoms with Gasteiger partial charge in [-0.3, -0.25) is 0 Å². The summed E-state index contributed by atoms with van der Waals surface area (Å²) >= 11 is 3.60. The Hall–Kier alpha value is -0.810. The number of methoxy groups -OCH3 is 2. The standard InChI is InChI=1S/C16H22BrFO3/c1-4-21-11-5-10(6-11)7-13(17)12-8-15(19-2)16(20-3)9-14(12)18/h8-11,13H,4-7H2,1-3H3. The number of ether oxygens (including phenoxy) is 3. The van der Waals surface area contributed by atoms with Crippen LogP contribution in [0.15, 0.2) is 12.1 Å². The third-order valence-corrected chi connectivity index (χ3v) is 4.84. The van der Waals surface area contributed by atoms with Crippen molar-refractivity contribution < 1.29 is 18.6 Å². The molecule has 1 aromatic carbocycles. The first-order valence-corrected chi connectivity index (χ1v) is 8.17. The van der Waals surface area contributed by atoms with Gasteiger partial charge in [-0.2, -0.15) is 0 Å². The fourth-order valence-electron chi connectivity index (χ4n) is 2.77. The lowest BCUT2D eigenvalue weighted by atomic mass is 9.78. The smallest absolute Gasteiger partial charge is 0.163 e. The van der Waals surface area contributed by atoms with Gasteiger partial charge in [0.15, 0.2) is 11.5 Å². The maximum absolute atomic E-state index is 14.2. The summed E-state index contributed by atoms with van der Waals surface area (Å²) in [5.41, 5.74) is 0.618. The van der Waals surface area contributed by atoms with E-state index in [0.717, 1.165) is 25.9 Å². The van der Waals surface area contributed by atoms with E-state index in [-0.39, 0.29) is 10.6 Å². The Labute approximate surface area is 133 Å². The zero-order chi connectivity index (χ0) is 15.4. The van der Waals surface area contributed by atoms with Crippen molar-refractivity contribution in [2.24, 2.45) is 5.92 Å². The molecule has 0 aliphatic heterocycles. The van der Waals surface area contributed by atoms with Crippen molar-refractivity contribution in [1.82, 2.24) is 0 Å². The highest BCUT2D eigenvalue weighted by Gasteiger charge is 2.32. The molecule has 1 saturated carbocycles. The molecule has 21 heavy (non-hydrogen) atoms. The summed E-state index contributed by atoms with van der Waals surface area (Å²) in [5, 5.41) is 0. The van der Waals surface area contributed by atoms with Crippen molar-refractivity contribution in [3.63, 3.8) is 0 Å². The minimum atomic E-state index is -0.268. The second-order valence-corrected chi connectivity index (χ2v) is 6.45. The number of rotatable bonds is 7. The van der Waals surface area contributed by atoms with E-state index in [4.69, 9.17) is 14.2 Å². The molecule has 1 unspecified atom stereocenters. The van der Waals surface area contributed by atoms with Crippen LogP contribution in [-0.4, -0.2) is 26.9 Å². The molecule has 118 valence electrons. The molecular formula is C16H22BrFO3. The maximum Gasteiger partial charge on any atom is 0.163 e. The maximum atomic E-state index is 14.2. The van der Waals surface area contributed by atoms with E-state index in [1.807, 2.05) is 6.92 Å². The lowest BCUT2D eigenvalue weighted by Gasteiger charge is -2.36. The van der Waals surface area contributed by atoms with Crippen molar-refractivity contribution in [1.29, 1.82) is 0 Å². The van der Waals surface area contributed by atoms with Crippen molar-refractivity contribution in [3.05, 3.63) is 23.5 Å². The molecule has 0 spiro atoms. The van der Waals surface area contributed by atoms with Gasteiger partial charge in [-0.15, -0.1) is 0 Å². The van der Waals surface area contributed by atoms with Crippen LogP contribution in [0.25, 0.3) is 0 Å². The van der Waals surface area contributed by atoms with Gasteiger partial charge in [0, 0.05) is 23.1 Å². The van der Waals surface area contributed by atoms with Crippen LogP contribution in [0.5, 0.6) is 11.5 Å². The Morgan fingerprint density at radius 1 is 1.24 bits per heavy atom. The number of hydrogen-bond donors (Lipinski definition) is 0. The lowest BCUT2D eigenvalue weighted by Crippen LogP contribution is -2.31. The zero-order valence-corrected chi connectivity index (χ0v) is 14.3. The van der Waals surface area contributed by atoms with E-state index in [1.54, 1.807) is 13.2 Å². The van der Waals surface area contributed by atoms with E-state index in [0.29, 0.717) is 29.1 Å². The van der Waals surface area contributed by atoms with Crippen molar-refractivity contribution in [2.75, 3.05) is 20.8 Å². The van der Waals surface area contributed by atoms with E-state index in [1.165, 1.54) is 13.2 Å². The van der Waals surface area contributed by atoms with E-state index in [9.17, 15) is 4.39 Å². The van der Waals surface area contributed by atoms with Crippen LogP contribution in [0.3, 0.4) is 0 Å². The topological polar surface area (TPSA) is 27.7 Å². The number of benzene rings is 1. The Kier molecular flexibility index (Phi) is 5.88. The van der Waals surface area contributed by atoms with Crippen molar-refractivity contribution in [3.8, 4) is 11.5 Å². The molecule has 0 N–H and O–H groups in total. The first kappa shape index (κ1) is 16.6. The number of halogens is 2. The Morgan fingerprint density at radius 3 is 2.43 bits per heavy atom. The highest BCUT2D eigenvalue weighted by Crippen LogP contribution is 2.43. The molecule has 5 heteroatoms. The zero-order valence-electron chi connectivity index (χ0n) is 12.7. The largest absolute Gasteiger partial charge is 0.493 e. The minimum Gasteiger partial charge on any atom is -0.493 e. The van der Waals surface area contributed by atoms with Crippen LogP contribution >= 0.6 is 15.9 Å². The molecule has 1 aliphatic carbocycles. The van der Waals surface area contributed by atoms with Crippen LogP contribution in [0, 0.1) is 11.7 Å². The molecule has 2 rings (SSSR count). The Balaban J connectivity index is 2.01. The van der Waals surface area contributed by atoms with Gasteiger partial charge in [0.05, 0.1) is 20.3 Å². The van der Waals surface area contributed by atoms with Gasteiger partial charge in [-0.1, -0.05) is 15.9 Å². The van der Waals surface area contributed by atoms with Gasteiger partial charge in [-0.25, -0.2) is 4.39 Å². The lowest BCUT2D eigenvalue weighted by molar-refractivity contribution is -0.0265. The van der Waals surface area contributed by atoms with Gasteiger partial charge in [0.25, 0.3) is 0 Å². The van der Waals surface area contributed by atoms with Crippen LogP contribution in [-0.2, 0) is 4.74 Å². The molecule has 0 aromatic heterocycles. The van der Waals surface area contributed by atoms with E-state index >= 15 is 0 Å². The van der Waals surface area contributed by atoms with Gasteiger partial charge in [0.1, 0.15) is 5.82 Å². The molecule has 1 fully saturated rings. The normalized spacial score (nSPS) is 22.5. The molecule has 0 bridgehead atoms. The molecular weight excluding hydrogens is 339 g/mol. The summed E-state index contributed by atoms with van der Waals surface area (Å²) in [4.78, 5) is -0.0233. The number of alkyl halides is 1. The first-order chi connectivity index (χ1) is 10.1. The third-order valence-electron chi connectivity index (χ3n) is 3.98. The highest BCUT2D eigenvalue weighted by molar-refractivity contribution is 9.09. The van der Waals surface area contributed by atoms with Gasteiger partial charge < -0.3 is 14.2 Å². The fourth-order valence-corrected chi connectivity index (χ4v) is 3.65. The molecule has 0 radical (unpaired) electrons. The quantitative estimate of drug-likeness (QED) is 0.670. The summed E-state index contributed by atoms with van der Waals surface area (Å²) in [5.74, 6) is 1.28. The average molecular weight is 361 g/mol. The Bertz CT molecular complexity index is 475. The summed E-state index contributed by atoms with van der Waals surface area (Å²) in [6, 6.07) is 3.10. The van der Waals surface area contributed by atoms with Gasteiger partial charge in [-0.05, 0) is 38.2 Å². The average Bonchev–Trinajstić information content (AvgIpc) is 2.44. The highest BCUT2D eigenvalue weighted by atomic mass is 79.9. The molecule has 0 saturated heterocycles. The second kappa shape index (κ2) is 7.45. The summed E-state index contributed by atoms with van der Waals surface area (Å²) in [6.45, 7) is 2.78. The molecule has 1 atom stereocenters. The van der Waals surface area contributed by atoms with Crippen LogP contribution < -0.4 is 9.47 Å². The van der Waals surface area contributed by atoms with Crippen LogP contribution in [0.4, 0.5) is 4.39 Å². The second-order valence-electron chi connectivity index (χ2n) is 5.35. The van der Waals surface area contributed by atoms with Gasteiger partial charge >= 0.3 is 0 Å². The van der Waals surface area contributed by atoms with Crippen LogP contribution in [0.2, 0.25) is 0 Å². The predicted octanol–water partition coefficient (Wildman–Crippen LogP) is 4.48. The molecule has 0 amide bonds. The summed E-state index contributed by atoms with van der Waals surface area (Å²) < 4.78 is 30.1. The predicted molar refractivity (Wildman–Crippen MR) is 83.9 cm³/mol. The van der Waals surface area contributed by atoms with Crippen molar-refractivity contribution in [2.45, 2.75) is 37.1 Å². The first-order valence-electron chi connectivity index (χ1n) is 7.26. The van der Waals surface area contributed by atoms with E-state index in [2.05, 4.69) is 15.9 Å². The summed E-state index contributed by atoms with van der Waals surface area (Å²) in [6.07, 6.45) is 3.40. The van der Waals surface area contributed by atoms with E-state index < -0.39 is 0 Å². The number of hydrogen-bond acceptors (Lipinski definition) is 3. The molecule has 1 aromatic rings. The summed E-state index contributed by atoms with van der Waals surface area (Å²) in [7, 11) is 3.06.